The third-order valence-electron chi connectivity index (χ3n) is 4.22. The van der Waals surface area contributed by atoms with E-state index in [0.717, 1.165) is 46.7 Å². The molecule has 1 fully saturated rings. The molecule has 3 aromatic rings. The Kier molecular flexibility index (Phi) is 3.80. The Morgan fingerprint density at radius 2 is 1.83 bits per heavy atom. The Labute approximate surface area is 141 Å². The molecule has 0 amide bonds. The second-order valence-electron chi connectivity index (χ2n) is 5.97. The zero-order valence-corrected chi connectivity index (χ0v) is 13.2. The summed E-state index contributed by atoms with van der Waals surface area (Å²) >= 11 is 0. The highest BCUT2D eigenvalue weighted by Gasteiger charge is 2.32. The van der Waals surface area contributed by atoms with E-state index in [1.807, 2.05) is 54.6 Å². The zero-order valence-electron chi connectivity index (χ0n) is 13.2. The van der Waals surface area contributed by atoms with Gasteiger partial charge in [-0.25, -0.2) is 0 Å². The van der Waals surface area contributed by atoms with Crippen molar-refractivity contribution < 1.29 is 9.26 Å². The van der Waals surface area contributed by atoms with Crippen molar-refractivity contribution in [2.45, 2.75) is 25.4 Å². The van der Waals surface area contributed by atoms with Crippen molar-refractivity contribution in [1.29, 1.82) is 0 Å². The van der Waals surface area contributed by atoms with Crippen LogP contribution in [-0.2, 0) is 6.61 Å². The van der Waals surface area contributed by atoms with Gasteiger partial charge in [0.25, 0.3) is 0 Å². The second-order valence-corrected chi connectivity index (χ2v) is 5.97. The van der Waals surface area contributed by atoms with Crippen molar-refractivity contribution in [3.05, 3.63) is 71.5 Å². The number of aromatic nitrogens is 1. The standard InChI is InChI=1S/C21H17NO2/c1-2-15-8-12-18(13-9-15)23-14-19-20(16-6-4-3-5-7-16)22-24-21(19)17-10-11-17/h1,3-9,12-13,17H,10-11,14H2. The van der Waals surface area contributed by atoms with Crippen LogP contribution >= 0.6 is 0 Å². The molecule has 0 N–H and O–H groups in total. The molecule has 3 heteroatoms. The van der Waals surface area contributed by atoms with E-state index >= 15 is 0 Å². The second kappa shape index (κ2) is 6.25. The van der Waals surface area contributed by atoms with Crippen LogP contribution in [0.5, 0.6) is 5.75 Å². The number of nitrogens with zero attached hydrogens (tertiary/aromatic N) is 1. The number of rotatable bonds is 5. The molecule has 2 aromatic carbocycles. The van der Waals surface area contributed by atoms with Crippen LogP contribution in [0.15, 0.2) is 59.1 Å². The molecule has 0 spiro atoms. The first kappa shape index (κ1) is 14.6. The fraction of sp³-hybridized carbons (Fsp3) is 0.190. The predicted octanol–water partition coefficient (Wildman–Crippen LogP) is 4.78. The van der Waals surface area contributed by atoms with Gasteiger partial charge in [-0.05, 0) is 37.1 Å². The molecule has 0 atom stereocenters. The predicted molar refractivity (Wildman–Crippen MR) is 92.6 cm³/mol. The smallest absolute Gasteiger partial charge is 0.147 e. The molecule has 1 aromatic heterocycles. The van der Waals surface area contributed by atoms with Crippen molar-refractivity contribution >= 4 is 0 Å². The molecular weight excluding hydrogens is 298 g/mol. The van der Waals surface area contributed by atoms with E-state index in [4.69, 9.17) is 15.7 Å². The van der Waals surface area contributed by atoms with Crippen LogP contribution in [-0.4, -0.2) is 5.16 Å². The minimum absolute atomic E-state index is 0.439. The zero-order chi connectivity index (χ0) is 16.4. The summed E-state index contributed by atoms with van der Waals surface area (Å²) in [5.41, 5.74) is 3.81. The van der Waals surface area contributed by atoms with Gasteiger partial charge in [0, 0.05) is 17.0 Å². The van der Waals surface area contributed by atoms with Gasteiger partial charge in [0.15, 0.2) is 0 Å². The number of hydrogen-bond acceptors (Lipinski definition) is 3. The van der Waals surface area contributed by atoms with Gasteiger partial charge in [0.1, 0.15) is 23.8 Å². The van der Waals surface area contributed by atoms with Crippen LogP contribution in [0.4, 0.5) is 0 Å². The fourth-order valence-corrected chi connectivity index (χ4v) is 2.75. The van der Waals surface area contributed by atoms with E-state index in [0.29, 0.717) is 12.5 Å². The molecule has 1 heterocycles. The van der Waals surface area contributed by atoms with Gasteiger partial charge < -0.3 is 9.26 Å². The monoisotopic (exact) mass is 315 g/mol. The number of terminal acetylenes is 1. The molecule has 118 valence electrons. The maximum Gasteiger partial charge on any atom is 0.147 e. The lowest BCUT2D eigenvalue weighted by Gasteiger charge is -2.08. The summed E-state index contributed by atoms with van der Waals surface area (Å²) in [7, 11) is 0. The van der Waals surface area contributed by atoms with Crippen LogP contribution < -0.4 is 4.74 Å². The first-order chi connectivity index (χ1) is 11.8. The van der Waals surface area contributed by atoms with Crippen molar-refractivity contribution in [2.75, 3.05) is 0 Å². The third-order valence-corrected chi connectivity index (χ3v) is 4.22. The summed E-state index contributed by atoms with van der Waals surface area (Å²) in [5.74, 6) is 4.84. The topological polar surface area (TPSA) is 35.3 Å². The third kappa shape index (κ3) is 2.91. The van der Waals surface area contributed by atoms with Crippen LogP contribution in [0.25, 0.3) is 11.3 Å². The summed E-state index contributed by atoms with van der Waals surface area (Å²) in [6, 6.07) is 17.6. The van der Waals surface area contributed by atoms with Crippen LogP contribution in [0.1, 0.15) is 35.6 Å². The van der Waals surface area contributed by atoms with Crippen molar-refractivity contribution in [3.63, 3.8) is 0 Å². The molecule has 24 heavy (non-hydrogen) atoms. The minimum atomic E-state index is 0.439. The molecule has 0 bridgehead atoms. The lowest BCUT2D eigenvalue weighted by atomic mass is 10.0. The number of ether oxygens (including phenoxy) is 1. The molecule has 1 aliphatic carbocycles. The summed E-state index contributed by atoms with van der Waals surface area (Å²) in [6.45, 7) is 0.439. The average molecular weight is 315 g/mol. The number of hydrogen-bond donors (Lipinski definition) is 0. The number of benzene rings is 2. The average Bonchev–Trinajstić information content (AvgIpc) is 3.40. The highest BCUT2D eigenvalue weighted by atomic mass is 16.5. The highest BCUT2D eigenvalue weighted by Crippen LogP contribution is 2.44. The van der Waals surface area contributed by atoms with E-state index in [9.17, 15) is 0 Å². The van der Waals surface area contributed by atoms with E-state index in [-0.39, 0.29) is 0 Å². The Morgan fingerprint density at radius 1 is 1.08 bits per heavy atom. The van der Waals surface area contributed by atoms with Gasteiger partial charge in [-0.1, -0.05) is 41.4 Å². The van der Waals surface area contributed by atoms with E-state index in [1.165, 1.54) is 0 Å². The van der Waals surface area contributed by atoms with Crippen molar-refractivity contribution in [1.82, 2.24) is 5.16 Å². The Bertz CT molecular complexity index is 868. The van der Waals surface area contributed by atoms with Crippen molar-refractivity contribution in [3.8, 4) is 29.4 Å². The van der Waals surface area contributed by atoms with Gasteiger partial charge in [-0.3, -0.25) is 0 Å². The Morgan fingerprint density at radius 3 is 2.50 bits per heavy atom. The molecule has 3 nitrogen and oxygen atoms in total. The summed E-state index contributed by atoms with van der Waals surface area (Å²) < 4.78 is 11.6. The molecular formula is C21H17NO2. The summed E-state index contributed by atoms with van der Waals surface area (Å²) in [4.78, 5) is 0. The van der Waals surface area contributed by atoms with Gasteiger partial charge in [-0.2, -0.15) is 0 Å². The molecule has 0 saturated heterocycles. The fourth-order valence-electron chi connectivity index (χ4n) is 2.75. The first-order valence-electron chi connectivity index (χ1n) is 8.08. The van der Waals surface area contributed by atoms with Gasteiger partial charge in [0.2, 0.25) is 0 Å². The molecule has 1 saturated carbocycles. The Hall–Kier alpha value is -2.99. The summed E-state index contributed by atoms with van der Waals surface area (Å²) in [6.07, 6.45) is 7.70. The largest absolute Gasteiger partial charge is 0.489 e. The van der Waals surface area contributed by atoms with Crippen LogP contribution in [0.3, 0.4) is 0 Å². The van der Waals surface area contributed by atoms with Crippen LogP contribution in [0.2, 0.25) is 0 Å². The van der Waals surface area contributed by atoms with E-state index in [2.05, 4.69) is 11.1 Å². The Balaban J connectivity index is 1.61. The highest BCUT2D eigenvalue weighted by molar-refractivity contribution is 5.63. The lowest BCUT2D eigenvalue weighted by Crippen LogP contribution is -1.99. The van der Waals surface area contributed by atoms with Crippen molar-refractivity contribution in [2.24, 2.45) is 0 Å². The summed E-state index contributed by atoms with van der Waals surface area (Å²) in [5, 5.41) is 4.31. The molecule has 4 rings (SSSR count). The maximum absolute atomic E-state index is 5.96. The normalized spacial score (nSPS) is 13.5. The molecule has 0 unspecified atom stereocenters. The quantitative estimate of drug-likeness (QED) is 0.636. The maximum atomic E-state index is 5.96. The van der Waals surface area contributed by atoms with Crippen LogP contribution in [0, 0.1) is 12.3 Å². The van der Waals surface area contributed by atoms with E-state index in [1.54, 1.807) is 0 Å². The molecule has 0 radical (unpaired) electrons. The van der Waals surface area contributed by atoms with Gasteiger partial charge >= 0.3 is 0 Å². The molecule has 0 aliphatic heterocycles. The van der Waals surface area contributed by atoms with E-state index < -0.39 is 0 Å². The van der Waals surface area contributed by atoms with Gasteiger partial charge in [0.05, 0.1) is 5.56 Å². The van der Waals surface area contributed by atoms with Gasteiger partial charge in [-0.15, -0.1) is 6.42 Å². The minimum Gasteiger partial charge on any atom is -0.489 e. The molecule has 1 aliphatic rings. The SMILES string of the molecule is C#Cc1ccc(OCc2c(-c3ccccc3)noc2C2CC2)cc1. The lowest BCUT2D eigenvalue weighted by molar-refractivity contribution is 0.300. The first-order valence-corrected chi connectivity index (χ1v) is 8.08.